The number of para-hydroxylation sites is 1. The van der Waals surface area contributed by atoms with Gasteiger partial charge in [-0.05, 0) is 38.1 Å². The van der Waals surface area contributed by atoms with Crippen LogP contribution in [0, 0.1) is 0 Å². The summed E-state index contributed by atoms with van der Waals surface area (Å²) in [6, 6.07) is 18.2. The van der Waals surface area contributed by atoms with Crippen molar-refractivity contribution in [3.05, 3.63) is 60.9 Å². The number of anilines is 1. The number of hydrogen-bond acceptors (Lipinski definition) is 5. The van der Waals surface area contributed by atoms with E-state index in [1.807, 2.05) is 47.0 Å². The van der Waals surface area contributed by atoms with Gasteiger partial charge in [-0.25, -0.2) is 0 Å². The van der Waals surface area contributed by atoms with E-state index in [9.17, 15) is 4.79 Å². The van der Waals surface area contributed by atoms with E-state index in [2.05, 4.69) is 41.5 Å². The van der Waals surface area contributed by atoms with Crippen LogP contribution in [0.3, 0.4) is 0 Å². The average molecular weight is 385 g/mol. The zero-order valence-electron chi connectivity index (χ0n) is 14.6. The standard InChI is InChI=1S/C19H20N4OS2/c1-14(2)23-13-20-22-19(23)25-12-18(24)21-16-10-6-7-11-17(16)26-15-8-4-3-5-9-15/h3-11,13-14H,12H2,1-2H3,(H,21,24). The number of thioether (sulfide) groups is 1. The van der Waals surface area contributed by atoms with Gasteiger partial charge in [0.1, 0.15) is 6.33 Å². The number of carbonyl (C=O) groups excluding carboxylic acids is 1. The van der Waals surface area contributed by atoms with Crippen LogP contribution < -0.4 is 5.32 Å². The van der Waals surface area contributed by atoms with E-state index >= 15 is 0 Å². The maximum absolute atomic E-state index is 12.4. The van der Waals surface area contributed by atoms with Crippen molar-refractivity contribution in [1.82, 2.24) is 14.8 Å². The first-order chi connectivity index (χ1) is 12.6. The van der Waals surface area contributed by atoms with E-state index in [1.165, 1.54) is 11.8 Å². The predicted molar refractivity (Wildman–Crippen MR) is 107 cm³/mol. The fourth-order valence-electron chi connectivity index (χ4n) is 2.28. The summed E-state index contributed by atoms with van der Waals surface area (Å²) in [5.74, 6) is 0.227. The summed E-state index contributed by atoms with van der Waals surface area (Å²) in [7, 11) is 0. The van der Waals surface area contributed by atoms with Crippen LogP contribution >= 0.6 is 23.5 Å². The number of nitrogens with one attached hydrogen (secondary N) is 1. The molecule has 0 aliphatic heterocycles. The molecule has 3 rings (SSSR count). The molecule has 26 heavy (non-hydrogen) atoms. The van der Waals surface area contributed by atoms with Gasteiger partial charge < -0.3 is 9.88 Å². The van der Waals surface area contributed by atoms with Crippen LogP contribution in [-0.2, 0) is 4.79 Å². The van der Waals surface area contributed by atoms with Crippen molar-refractivity contribution in [2.45, 2.75) is 34.8 Å². The third kappa shape index (κ3) is 4.89. The van der Waals surface area contributed by atoms with Crippen LogP contribution in [0.1, 0.15) is 19.9 Å². The van der Waals surface area contributed by atoms with Crippen LogP contribution in [0.25, 0.3) is 0 Å². The second-order valence-electron chi connectivity index (χ2n) is 5.86. The fraction of sp³-hybridized carbons (Fsp3) is 0.211. The number of amides is 1. The van der Waals surface area contributed by atoms with Crippen LogP contribution in [0.2, 0.25) is 0 Å². The largest absolute Gasteiger partial charge is 0.324 e. The highest BCUT2D eigenvalue weighted by molar-refractivity contribution is 8.00. The van der Waals surface area contributed by atoms with Gasteiger partial charge in [0.15, 0.2) is 5.16 Å². The molecule has 7 heteroatoms. The lowest BCUT2D eigenvalue weighted by atomic mass is 10.3. The molecule has 3 aromatic rings. The molecule has 0 aliphatic carbocycles. The number of carbonyl (C=O) groups is 1. The third-order valence-electron chi connectivity index (χ3n) is 3.56. The molecule has 0 spiro atoms. The molecule has 0 fully saturated rings. The van der Waals surface area contributed by atoms with Crippen LogP contribution in [0.4, 0.5) is 5.69 Å². The number of nitrogens with zero attached hydrogens (tertiary/aromatic N) is 3. The average Bonchev–Trinajstić information content (AvgIpc) is 3.11. The zero-order chi connectivity index (χ0) is 18.4. The molecule has 1 amide bonds. The van der Waals surface area contributed by atoms with Gasteiger partial charge in [-0.1, -0.05) is 53.9 Å². The Kier molecular flexibility index (Phi) is 6.35. The third-order valence-corrected chi connectivity index (χ3v) is 5.60. The molecule has 0 radical (unpaired) electrons. The maximum Gasteiger partial charge on any atom is 0.234 e. The molecule has 0 unspecified atom stereocenters. The Morgan fingerprint density at radius 2 is 1.85 bits per heavy atom. The van der Waals surface area contributed by atoms with E-state index in [4.69, 9.17) is 0 Å². The Hall–Kier alpha value is -2.25. The quantitative estimate of drug-likeness (QED) is 0.596. The Morgan fingerprint density at radius 3 is 2.62 bits per heavy atom. The van der Waals surface area contributed by atoms with Crippen molar-refractivity contribution >= 4 is 35.1 Å². The van der Waals surface area contributed by atoms with Gasteiger partial charge in [0.2, 0.25) is 5.91 Å². The molecule has 1 heterocycles. The summed E-state index contributed by atoms with van der Waals surface area (Å²) in [6.07, 6.45) is 1.69. The number of rotatable bonds is 7. The van der Waals surface area contributed by atoms with Crippen LogP contribution in [0.5, 0.6) is 0 Å². The SMILES string of the molecule is CC(C)n1cnnc1SCC(=O)Nc1ccccc1Sc1ccccc1. The van der Waals surface area contributed by atoms with Crippen molar-refractivity contribution < 1.29 is 4.79 Å². The maximum atomic E-state index is 12.4. The normalized spacial score (nSPS) is 10.9. The first-order valence-electron chi connectivity index (χ1n) is 8.27. The number of benzene rings is 2. The van der Waals surface area contributed by atoms with Crippen molar-refractivity contribution in [2.24, 2.45) is 0 Å². The summed E-state index contributed by atoms with van der Waals surface area (Å²) in [6.45, 7) is 4.12. The van der Waals surface area contributed by atoms with Crippen LogP contribution in [0.15, 0.2) is 75.9 Å². The lowest BCUT2D eigenvalue weighted by Gasteiger charge is -2.11. The van der Waals surface area contributed by atoms with Crippen molar-refractivity contribution in [1.29, 1.82) is 0 Å². The predicted octanol–water partition coefficient (Wildman–Crippen LogP) is 4.74. The molecule has 2 aromatic carbocycles. The number of hydrogen-bond donors (Lipinski definition) is 1. The topological polar surface area (TPSA) is 59.8 Å². The molecule has 0 aliphatic rings. The highest BCUT2D eigenvalue weighted by Gasteiger charge is 2.12. The molecule has 0 bridgehead atoms. The van der Waals surface area contributed by atoms with Crippen molar-refractivity contribution in [3.63, 3.8) is 0 Å². The molecule has 134 valence electrons. The van der Waals surface area contributed by atoms with Crippen molar-refractivity contribution in [2.75, 3.05) is 11.1 Å². The van der Waals surface area contributed by atoms with Gasteiger partial charge in [-0.3, -0.25) is 4.79 Å². The second kappa shape index (κ2) is 8.91. The van der Waals surface area contributed by atoms with Gasteiger partial charge >= 0.3 is 0 Å². The minimum atomic E-state index is -0.0607. The first-order valence-corrected chi connectivity index (χ1v) is 10.1. The molecule has 0 saturated heterocycles. The van der Waals surface area contributed by atoms with E-state index < -0.39 is 0 Å². The lowest BCUT2D eigenvalue weighted by Crippen LogP contribution is -2.15. The van der Waals surface area contributed by atoms with Gasteiger partial charge in [-0.15, -0.1) is 10.2 Å². The summed E-state index contributed by atoms with van der Waals surface area (Å²) in [4.78, 5) is 14.5. The number of aromatic nitrogens is 3. The Balaban J connectivity index is 1.63. The highest BCUT2D eigenvalue weighted by atomic mass is 32.2. The van der Waals surface area contributed by atoms with E-state index in [0.29, 0.717) is 0 Å². The summed E-state index contributed by atoms with van der Waals surface area (Å²) >= 11 is 3.02. The molecule has 0 atom stereocenters. The molecule has 1 aromatic heterocycles. The first kappa shape index (κ1) is 18.5. The Bertz CT molecular complexity index is 865. The Morgan fingerprint density at radius 1 is 1.12 bits per heavy atom. The van der Waals surface area contributed by atoms with Crippen molar-refractivity contribution in [3.8, 4) is 0 Å². The van der Waals surface area contributed by atoms with Gasteiger partial charge in [0, 0.05) is 15.8 Å². The van der Waals surface area contributed by atoms with E-state index in [1.54, 1.807) is 18.1 Å². The fourth-order valence-corrected chi connectivity index (χ4v) is 4.05. The van der Waals surface area contributed by atoms with E-state index in [0.717, 1.165) is 20.6 Å². The Labute approximate surface area is 161 Å². The van der Waals surface area contributed by atoms with E-state index in [-0.39, 0.29) is 17.7 Å². The smallest absolute Gasteiger partial charge is 0.234 e. The molecular weight excluding hydrogens is 364 g/mol. The monoisotopic (exact) mass is 384 g/mol. The lowest BCUT2D eigenvalue weighted by molar-refractivity contribution is -0.113. The highest BCUT2D eigenvalue weighted by Crippen LogP contribution is 2.33. The summed E-state index contributed by atoms with van der Waals surface area (Å²) in [5.41, 5.74) is 0.817. The summed E-state index contributed by atoms with van der Waals surface area (Å²) in [5, 5.41) is 11.8. The molecule has 0 saturated carbocycles. The van der Waals surface area contributed by atoms with Gasteiger partial charge in [0.05, 0.1) is 11.4 Å². The van der Waals surface area contributed by atoms with Crippen LogP contribution in [-0.4, -0.2) is 26.4 Å². The van der Waals surface area contributed by atoms with Gasteiger partial charge in [-0.2, -0.15) is 0 Å². The molecule has 1 N–H and O–H groups in total. The second-order valence-corrected chi connectivity index (χ2v) is 7.92. The molecule has 5 nitrogen and oxygen atoms in total. The summed E-state index contributed by atoms with van der Waals surface area (Å²) < 4.78 is 1.96. The molecular formula is C19H20N4OS2. The zero-order valence-corrected chi connectivity index (χ0v) is 16.3. The van der Waals surface area contributed by atoms with Gasteiger partial charge in [0.25, 0.3) is 0 Å². The minimum absolute atomic E-state index is 0.0607. The minimum Gasteiger partial charge on any atom is -0.324 e.